The maximum absolute atomic E-state index is 12.7. The van der Waals surface area contributed by atoms with Crippen molar-refractivity contribution in [3.05, 3.63) is 71.5 Å². The molecule has 0 saturated carbocycles. The fraction of sp³-hybridized carbons (Fsp3) is 0.200. The van der Waals surface area contributed by atoms with Gasteiger partial charge in [-0.05, 0) is 35.7 Å². The Bertz CT molecular complexity index is 970. The number of aromatic nitrogens is 2. The van der Waals surface area contributed by atoms with Gasteiger partial charge in [-0.3, -0.25) is 19.8 Å². The van der Waals surface area contributed by atoms with E-state index < -0.39 is 5.91 Å². The average Bonchev–Trinajstić information content (AvgIpc) is 2.70. The molecular formula is C20H20N4O3. The van der Waals surface area contributed by atoms with Gasteiger partial charge in [0.2, 0.25) is 0 Å². The van der Waals surface area contributed by atoms with Gasteiger partial charge in [0, 0.05) is 5.56 Å². The maximum atomic E-state index is 12.7. The van der Waals surface area contributed by atoms with Gasteiger partial charge in [-0.15, -0.1) is 0 Å². The molecule has 0 aliphatic rings. The summed E-state index contributed by atoms with van der Waals surface area (Å²) in [5.41, 5.74) is 4.41. The van der Waals surface area contributed by atoms with Gasteiger partial charge < -0.3 is 5.32 Å². The molecule has 1 heterocycles. The standard InChI is InChI=1S/C20H20N4O3/c1-12(2)18(13-7-9-14(10-8-13)19(25)24-27)23-20(26)17-11-21-15-5-3-4-6-16(15)22-17/h3-12,18,27H,1-2H3,(H,23,26)(H,24,25). The molecule has 7 heteroatoms. The zero-order valence-electron chi connectivity index (χ0n) is 15.0. The summed E-state index contributed by atoms with van der Waals surface area (Å²) in [6.07, 6.45) is 1.46. The van der Waals surface area contributed by atoms with E-state index in [0.29, 0.717) is 11.1 Å². The van der Waals surface area contributed by atoms with Crippen LogP contribution in [0.1, 0.15) is 46.3 Å². The molecular weight excluding hydrogens is 344 g/mol. The molecule has 138 valence electrons. The van der Waals surface area contributed by atoms with Gasteiger partial charge in [0.25, 0.3) is 11.8 Å². The van der Waals surface area contributed by atoms with Gasteiger partial charge in [0.1, 0.15) is 5.69 Å². The summed E-state index contributed by atoms with van der Waals surface area (Å²) in [5.74, 6) is -0.790. The Morgan fingerprint density at radius 2 is 1.63 bits per heavy atom. The van der Waals surface area contributed by atoms with Crippen LogP contribution in [0.5, 0.6) is 0 Å². The van der Waals surface area contributed by atoms with Gasteiger partial charge in [-0.25, -0.2) is 10.5 Å². The largest absolute Gasteiger partial charge is 0.344 e. The lowest BCUT2D eigenvalue weighted by Gasteiger charge is -2.23. The van der Waals surface area contributed by atoms with E-state index in [1.165, 1.54) is 6.20 Å². The van der Waals surface area contributed by atoms with Crippen molar-refractivity contribution in [2.24, 2.45) is 5.92 Å². The normalized spacial score (nSPS) is 12.0. The van der Waals surface area contributed by atoms with Crippen molar-refractivity contribution in [1.29, 1.82) is 0 Å². The number of para-hydroxylation sites is 2. The monoisotopic (exact) mass is 364 g/mol. The number of rotatable bonds is 5. The highest BCUT2D eigenvalue weighted by Crippen LogP contribution is 2.23. The predicted molar refractivity (Wildman–Crippen MR) is 100 cm³/mol. The van der Waals surface area contributed by atoms with Crippen molar-refractivity contribution in [1.82, 2.24) is 20.8 Å². The molecule has 0 spiro atoms. The lowest BCUT2D eigenvalue weighted by molar-refractivity contribution is 0.0706. The van der Waals surface area contributed by atoms with Crippen LogP contribution in [-0.2, 0) is 0 Å². The van der Waals surface area contributed by atoms with E-state index in [-0.39, 0.29) is 23.6 Å². The summed E-state index contributed by atoms with van der Waals surface area (Å²) in [5, 5.41) is 11.7. The highest BCUT2D eigenvalue weighted by molar-refractivity contribution is 5.94. The number of carbonyl (C=O) groups is 2. The molecule has 2 amide bonds. The van der Waals surface area contributed by atoms with Crippen LogP contribution in [0.4, 0.5) is 0 Å². The number of fused-ring (bicyclic) bond motifs is 1. The van der Waals surface area contributed by atoms with E-state index in [1.807, 2.05) is 38.1 Å². The van der Waals surface area contributed by atoms with Crippen LogP contribution in [0.3, 0.4) is 0 Å². The second kappa shape index (κ2) is 7.92. The third-order valence-corrected chi connectivity index (χ3v) is 4.27. The molecule has 0 bridgehead atoms. The molecule has 0 radical (unpaired) electrons. The van der Waals surface area contributed by atoms with Gasteiger partial charge in [0.05, 0.1) is 23.3 Å². The summed E-state index contributed by atoms with van der Waals surface area (Å²) < 4.78 is 0. The van der Waals surface area contributed by atoms with Crippen LogP contribution in [-0.4, -0.2) is 27.0 Å². The molecule has 1 aromatic heterocycles. The number of hydroxylamine groups is 1. The summed E-state index contributed by atoms with van der Waals surface area (Å²) in [7, 11) is 0. The van der Waals surface area contributed by atoms with Crippen LogP contribution in [0.2, 0.25) is 0 Å². The number of hydrogen-bond donors (Lipinski definition) is 3. The number of carbonyl (C=O) groups excluding carboxylic acids is 2. The highest BCUT2D eigenvalue weighted by Gasteiger charge is 2.20. The third kappa shape index (κ3) is 4.09. The zero-order valence-corrected chi connectivity index (χ0v) is 15.0. The molecule has 0 saturated heterocycles. The molecule has 2 aromatic carbocycles. The van der Waals surface area contributed by atoms with E-state index in [1.54, 1.807) is 29.7 Å². The molecule has 0 aliphatic heterocycles. The third-order valence-electron chi connectivity index (χ3n) is 4.27. The van der Waals surface area contributed by atoms with E-state index >= 15 is 0 Å². The minimum absolute atomic E-state index is 0.111. The summed E-state index contributed by atoms with van der Waals surface area (Å²) in [4.78, 5) is 32.8. The van der Waals surface area contributed by atoms with Gasteiger partial charge >= 0.3 is 0 Å². The van der Waals surface area contributed by atoms with Gasteiger partial charge in [-0.1, -0.05) is 38.1 Å². The molecule has 27 heavy (non-hydrogen) atoms. The fourth-order valence-corrected chi connectivity index (χ4v) is 2.82. The predicted octanol–water partition coefficient (Wildman–Crippen LogP) is 2.88. The number of hydrogen-bond acceptors (Lipinski definition) is 5. The first kappa shape index (κ1) is 18.5. The minimum Gasteiger partial charge on any atom is -0.344 e. The summed E-state index contributed by atoms with van der Waals surface area (Å²) in [6, 6.07) is 13.8. The zero-order chi connectivity index (χ0) is 19.4. The summed E-state index contributed by atoms with van der Waals surface area (Å²) >= 11 is 0. The molecule has 1 unspecified atom stereocenters. The van der Waals surface area contributed by atoms with Gasteiger partial charge in [0.15, 0.2) is 0 Å². The second-order valence-electron chi connectivity index (χ2n) is 6.50. The molecule has 0 aliphatic carbocycles. The Labute approximate surface area is 156 Å². The molecule has 1 atom stereocenters. The van der Waals surface area contributed by atoms with Crippen molar-refractivity contribution in [3.63, 3.8) is 0 Å². The fourth-order valence-electron chi connectivity index (χ4n) is 2.82. The Morgan fingerprint density at radius 1 is 0.963 bits per heavy atom. The Balaban J connectivity index is 1.82. The second-order valence-corrected chi connectivity index (χ2v) is 6.50. The maximum Gasteiger partial charge on any atom is 0.274 e. The first-order valence-electron chi connectivity index (χ1n) is 8.56. The minimum atomic E-state index is -0.585. The van der Waals surface area contributed by atoms with E-state index in [2.05, 4.69) is 15.3 Å². The molecule has 3 rings (SSSR count). The topological polar surface area (TPSA) is 104 Å². The van der Waals surface area contributed by atoms with Crippen molar-refractivity contribution >= 4 is 22.8 Å². The van der Waals surface area contributed by atoms with Crippen LogP contribution in [0.15, 0.2) is 54.7 Å². The lowest BCUT2D eigenvalue weighted by Crippen LogP contribution is -2.32. The van der Waals surface area contributed by atoms with Crippen molar-refractivity contribution in [2.45, 2.75) is 19.9 Å². The van der Waals surface area contributed by atoms with Crippen LogP contribution in [0.25, 0.3) is 11.0 Å². The SMILES string of the molecule is CC(C)C(NC(=O)c1cnc2ccccc2n1)c1ccc(C(=O)NO)cc1. The number of nitrogens with one attached hydrogen (secondary N) is 2. The van der Waals surface area contributed by atoms with Gasteiger partial charge in [-0.2, -0.15) is 0 Å². The van der Waals surface area contributed by atoms with Crippen molar-refractivity contribution < 1.29 is 14.8 Å². The quantitative estimate of drug-likeness (QED) is 0.477. The molecule has 7 nitrogen and oxygen atoms in total. The van der Waals surface area contributed by atoms with E-state index in [0.717, 1.165) is 11.1 Å². The Morgan fingerprint density at radius 3 is 2.26 bits per heavy atom. The van der Waals surface area contributed by atoms with Crippen LogP contribution < -0.4 is 10.8 Å². The average molecular weight is 364 g/mol. The molecule has 3 N–H and O–H groups in total. The van der Waals surface area contributed by atoms with Crippen molar-refractivity contribution in [3.8, 4) is 0 Å². The lowest BCUT2D eigenvalue weighted by atomic mass is 9.95. The summed E-state index contributed by atoms with van der Waals surface area (Å²) in [6.45, 7) is 3.98. The smallest absolute Gasteiger partial charge is 0.274 e. The van der Waals surface area contributed by atoms with Crippen LogP contribution in [0, 0.1) is 5.92 Å². The van der Waals surface area contributed by atoms with E-state index in [4.69, 9.17) is 5.21 Å². The number of amides is 2. The first-order chi connectivity index (χ1) is 13.0. The van der Waals surface area contributed by atoms with E-state index in [9.17, 15) is 9.59 Å². The molecule has 0 fully saturated rings. The van der Waals surface area contributed by atoms with Crippen LogP contribution >= 0.6 is 0 Å². The Hall–Kier alpha value is -3.32. The molecule has 3 aromatic rings. The highest BCUT2D eigenvalue weighted by atomic mass is 16.5. The Kier molecular flexibility index (Phi) is 5.42. The first-order valence-corrected chi connectivity index (χ1v) is 8.56. The van der Waals surface area contributed by atoms with Crippen molar-refractivity contribution in [2.75, 3.05) is 0 Å². The number of benzene rings is 2. The number of nitrogens with zero attached hydrogens (tertiary/aromatic N) is 2.